The van der Waals surface area contributed by atoms with Crippen LogP contribution in [-0.2, 0) is 0 Å². The van der Waals surface area contributed by atoms with Crippen LogP contribution in [0.2, 0.25) is 0 Å². The second kappa shape index (κ2) is 3.67. The van der Waals surface area contributed by atoms with Gasteiger partial charge in [-0.25, -0.2) is 9.67 Å². The van der Waals surface area contributed by atoms with E-state index in [1.165, 1.54) is 4.68 Å². The van der Waals surface area contributed by atoms with Gasteiger partial charge < -0.3 is 5.73 Å². The van der Waals surface area contributed by atoms with E-state index in [1.54, 1.807) is 41.7 Å². The van der Waals surface area contributed by atoms with Crippen LogP contribution in [0.3, 0.4) is 0 Å². The highest BCUT2D eigenvalue weighted by Gasteiger charge is 2.07. The highest BCUT2D eigenvalue weighted by atomic mass is 15.4. The van der Waals surface area contributed by atoms with E-state index in [4.69, 9.17) is 5.73 Å². The average Bonchev–Trinajstić information content (AvgIpc) is 3.02. The zero-order chi connectivity index (χ0) is 11.7. The minimum Gasteiger partial charge on any atom is -0.368 e. The van der Waals surface area contributed by atoms with Crippen LogP contribution in [0.4, 0.5) is 5.95 Å². The topological polar surface area (TPSA) is 100 Å². The summed E-state index contributed by atoms with van der Waals surface area (Å²) in [5.74, 6) is 0.904. The van der Waals surface area contributed by atoms with Crippen molar-refractivity contribution < 1.29 is 0 Å². The van der Waals surface area contributed by atoms with E-state index in [-0.39, 0.29) is 5.95 Å². The van der Waals surface area contributed by atoms with E-state index >= 15 is 0 Å². The predicted octanol–water partition coefficient (Wildman–Crippen LogP) is -0.175. The van der Waals surface area contributed by atoms with Crippen molar-refractivity contribution in [2.24, 2.45) is 0 Å². The summed E-state index contributed by atoms with van der Waals surface area (Å²) in [7, 11) is 0. The second-order valence-electron chi connectivity index (χ2n) is 3.21. The number of nitrogen functional groups attached to an aromatic ring is 1. The largest absolute Gasteiger partial charge is 0.368 e. The Labute approximate surface area is 95.8 Å². The summed E-state index contributed by atoms with van der Waals surface area (Å²) in [4.78, 5) is 16.2. The first-order chi connectivity index (χ1) is 8.33. The van der Waals surface area contributed by atoms with Crippen molar-refractivity contribution in [1.82, 2.24) is 34.3 Å². The van der Waals surface area contributed by atoms with Gasteiger partial charge in [-0.3, -0.25) is 4.57 Å². The number of anilines is 1. The normalized spacial score (nSPS) is 10.6. The van der Waals surface area contributed by atoms with Crippen LogP contribution in [0.5, 0.6) is 0 Å². The first-order valence-electron chi connectivity index (χ1n) is 4.83. The van der Waals surface area contributed by atoms with Crippen molar-refractivity contribution in [3.05, 3.63) is 37.2 Å². The molecule has 84 valence electrons. The zero-order valence-corrected chi connectivity index (χ0v) is 8.67. The van der Waals surface area contributed by atoms with Gasteiger partial charge in [0.05, 0.1) is 0 Å². The van der Waals surface area contributed by atoms with Crippen LogP contribution < -0.4 is 5.73 Å². The Balaban J connectivity index is 2.13. The lowest BCUT2D eigenvalue weighted by Gasteiger charge is -2.04. The maximum absolute atomic E-state index is 5.63. The summed E-state index contributed by atoms with van der Waals surface area (Å²) in [6.45, 7) is 0. The zero-order valence-electron chi connectivity index (χ0n) is 8.67. The summed E-state index contributed by atoms with van der Waals surface area (Å²) in [5, 5.41) is 4.03. The number of rotatable bonds is 2. The smallest absolute Gasteiger partial charge is 0.257 e. The second-order valence-corrected chi connectivity index (χ2v) is 3.21. The van der Waals surface area contributed by atoms with Gasteiger partial charge >= 0.3 is 0 Å². The van der Waals surface area contributed by atoms with E-state index in [0.717, 1.165) is 0 Å². The molecule has 0 aliphatic rings. The molecule has 0 unspecified atom stereocenters. The molecule has 3 rings (SSSR count). The van der Waals surface area contributed by atoms with Crippen molar-refractivity contribution in [2.75, 3.05) is 5.73 Å². The van der Waals surface area contributed by atoms with Crippen molar-refractivity contribution in [3.63, 3.8) is 0 Å². The third-order valence-corrected chi connectivity index (χ3v) is 2.07. The molecule has 3 heterocycles. The molecule has 0 saturated heterocycles. The van der Waals surface area contributed by atoms with Crippen LogP contribution in [0.25, 0.3) is 11.9 Å². The SMILES string of the molecule is Nc1nc(-n2ccnc2)nc(-n2cccn2)n1. The third kappa shape index (κ3) is 1.71. The third-order valence-electron chi connectivity index (χ3n) is 2.07. The first-order valence-corrected chi connectivity index (χ1v) is 4.83. The average molecular weight is 228 g/mol. The van der Waals surface area contributed by atoms with Gasteiger partial charge in [-0.1, -0.05) is 0 Å². The summed E-state index contributed by atoms with van der Waals surface area (Å²) < 4.78 is 3.16. The Hall–Kier alpha value is -2.77. The summed E-state index contributed by atoms with van der Waals surface area (Å²) >= 11 is 0. The molecule has 8 nitrogen and oxygen atoms in total. The van der Waals surface area contributed by atoms with E-state index < -0.39 is 0 Å². The molecule has 17 heavy (non-hydrogen) atoms. The van der Waals surface area contributed by atoms with Gasteiger partial charge in [0.1, 0.15) is 6.33 Å². The lowest BCUT2D eigenvalue weighted by atomic mass is 10.7. The van der Waals surface area contributed by atoms with Crippen molar-refractivity contribution >= 4 is 5.95 Å². The van der Waals surface area contributed by atoms with Gasteiger partial charge in [0, 0.05) is 24.8 Å². The first kappa shape index (κ1) is 9.46. The molecule has 0 aliphatic carbocycles. The van der Waals surface area contributed by atoms with Gasteiger partial charge in [-0.15, -0.1) is 0 Å². The molecule has 0 bridgehead atoms. The Bertz CT molecular complexity index is 560. The molecular weight excluding hydrogens is 220 g/mol. The van der Waals surface area contributed by atoms with Gasteiger partial charge in [0.15, 0.2) is 0 Å². The van der Waals surface area contributed by atoms with E-state index in [0.29, 0.717) is 11.9 Å². The Morgan fingerprint density at radius 1 is 1.00 bits per heavy atom. The van der Waals surface area contributed by atoms with Crippen LogP contribution >= 0.6 is 0 Å². The number of aromatic nitrogens is 7. The molecular formula is C9H8N8. The minimum absolute atomic E-state index is 0.134. The maximum atomic E-state index is 5.63. The predicted molar refractivity (Wildman–Crippen MR) is 58.5 cm³/mol. The summed E-state index contributed by atoms with van der Waals surface area (Å²) in [6, 6.07) is 1.77. The van der Waals surface area contributed by atoms with Crippen LogP contribution in [0.15, 0.2) is 37.2 Å². The monoisotopic (exact) mass is 228 g/mol. The van der Waals surface area contributed by atoms with E-state index in [1.807, 2.05) is 0 Å². The number of hydrogen-bond acceptors (Lipinski definition) is 6. The highest BCUT2D eigenvalue weighted by Crippen LogP contribution is 2.06. The van der Waals surface area contributed by atoms with Gasteiger partial charge in [0.2, 0.25) is 11.9 Å². The van der Waals surface area contributed by atoms with E-state index in [2.05, 4.69) is 25.0 Å². The summed E-state index contributed by atoms with van der Waals surface area (Å²) in [5.41, 5.74) is 5.63. The molecule has 0 aromatic carbocycles. The molecule has 0 amide bonds. The molecule has 0 radical (unpaired) electrons. The van der Waals surface area contributed by atoms with Crippen molar-refractivity contribution in [2.45, 2.75) is 0 Å². The number of nitrogens with zero attached hydrogens (tertiary/aromatic N) is 7. The number of nitrogens with two attached hydrogens (primary N) is 1. The molecule has 0 fully saturated rings. The Morgan fingerprint density at radius 2 is 1.88 bits per heavy atom. The maximum Gasteiger partial charge on any atom is 0.257 e. The molecule has 3 aromatic rings. The quantitative estimate of drug-likeness (QED) is 0.653. The molecule has 0 saturated carbocycles. The molecule has 0 aliphatic heterocycles. The number of imidazole rings is 1. The standard InChI is InChI=1S/C9H8N8/c10-7-13-8(16-5-3-11-6-16)15-9(14-7)17-4-1-2-12-17/h1-6H,(H2,10,13,14,15). The molecule has 2 N–H and O–H groups in total. The van der Waals surface area contributed by atoms with Crippen LogP contribution in [0, 0.1) is 0 Å². The van der Waals surface area contributed by atoms with Gasteiger partial charge in [-0.2, -0.15) is 20.1 Å². The molecule has 0 spiro atoms. The molecule has 0 atom stereocenters. The minimum atomic E-state index is 0.134. The van der Waals surface area contributed by atoms with Crippen LogP contribution in [0.1, 0.15) is 0 Å². The van der Waals surface area contributed by atoms with Gasteiger partial charge in [0.25, 0.3) is 5.95 Å². The fourth-order valence-corrected chi connectivity index (χ4v) is 1.35. The van der Waals surface area contributed by atoms with Crippen molar-refractivity contribution in [3.8, 4) is 11.9 Å². The van der Waals surface area contributed by atoms with Gasteiger partial charge in [-0.05, 0) is 6.07 Å². The summed E-state index contributed by atoms with van der Waals surface area (Å²) in [6.07, 6.45) is 8.31. The van der Waals surface area contributed by atoms with E-state index in [9.17, 15) is 0 Å². The van der Waals surface area contributed by atoms with Crippen molar-refractivity contribution in [1.29, 1.82) is 0 Å². The van der Waals surface area contributed by atoms with Crippen LogP contribution in [-0.4, -0.2) is 34.3 Å². The molecule has 8 heteroatoms. The molecule has 3 aromatic heterocycles. The Kier molecular flexibility index (Phi) is 2.04. The lowest BCUT2D eigenvalue weighted by Crippen LogP contribution is -2.10. The fraction of sp³-hybridized carbons (Fsp3) is 0. The lowest BCUT2D eigenvalue weighted by molar-refractivity contribution is 0.778. The number of hydrogen-bond donors (Lipinski definition) is 1. The fourth-order valence-electron chi connectivity index (χ4n) is 1.35. The highest BCUT2D eigenvalue weighted by molar-refractivity contribution is 5.28. The Morgan fingerprint density at radius 3 is 2.59 bits per heavy atom.